The minimum atomic E-state index is -0.830. The van der Waals surface area contributed by atoms with Gasteiger partial charge >= 0.3 is 5.97 Å². The molecule has 2 aliphatic heterocycles. The van der Waals surface area contributed by atoms with E-state index < -0.39 is 5.97 Å². The molecule has 0 amide bonds. The Labute approximate surface area is 409 Å². The highest BCUT2D eigenvalue weighted by molar-refractivity contribution is 5.99. The SMILES string of the molecule is C[n+]1ccc(-c2c3nc(c(-c4cc[n+](C)cc4)c4ccc([nH]4)c(-c4cc[n+](CCC(=O)O)cc4)c4nc(c(-c5cc[n+](C)cc5)c5ccc2[nH]5)C=C4)C=C3)cc1.[Br-].[I-].[I-].[I-]. The van der Waals surface area contributed by atoms with E-state index in [4.69, 9.17) is 9.97 Å². The second-order valence-corrected chi connectivity index (χ2v) is 14.2. The number of nitrogens with zero attached hydrogens (tertiary/aromatic N) is 6. The summed E-state index contributed by atoms with van der Waals surface area (Å²) < 4.78 is 7.97. The maximum Gasteiger partial charge on any atom is 0.309 e. The van der Waals surface area contributed by atoms with Crippen molar-refractivity contribution in [3.63, 3.8) is 0 Å². The first-order valence-corrected chi connectivity index (χ1v) is 18.5. The molecule has 9 rings (SSSR count). The molecular weight excluding hydrogens is 1160 g/mol. The molecule has 304 valence electrons. The Morgan fingerprint density at radius 2 is 0.750 bits per heavy atom. The van der Waals surface area contributed by atoms with Crippen molar-refractivity contribution in [2.75, 3.05) is 0 Å². The smallest absolute Gasteiger partial charge is 0.309 e. The molecular formula is C46H40BrI3N8O2. The number of carbonyl (C=O) groups is 1. The minimum Gasteiger partial charge on any atom is -1.00 e. The number of carboxylic acid groups (broad SMARTS) is 1. The van der Waals surface area contributed by atoms with Gasteiger partial charge in [0.2, 0.25) is 0 Å². The fourth-order valence-electron chi connectivity index (χ4n) is 7.42. The van der Waals surface area contributed by atoms with Gasteiger partial charge in [-0.1, -0.05) is 0 Å². The first-order valence-electron chi connectivity index (χ1n) is 18.5. The van der Waals surface area contributed by atoms with E-state index in [1.54, 1.807) is 0 Å². The van der Waals surface area contributed by atoms with Crippen LogP contribution in [0, 0.1) is 0 Å². The van der Waals surface area contributed by atoms with Crippen LogP contribution in [0.4, 0.5) is 0 Å². The lowest BCUT2D eigenvalue weighted by molar-refractivity contribution is -0.695. The number of aromatic amines is 2. The van der Waals surface area contributed by atoms with Crippen molar-refractivity contribution in [2.45, 2.75) is 13.0 Å². The number of pyridine rings is 4. The van der Waals surface area contributed by atoms with Gasteiger partial charge in [0.05, 0.1) is 22.8 Å². The molecule has 0 spiro atoms. The van der Waals surface area contributed by atoms with Crippen LogP contribution in [0.2, 0.25) is 0 Å². The van der Waals surface area contributed by atoms with Crippen molar-refractivity contribution in [3.05, 3.63) is 145 Å². The third kappa shape index (κ3) is 9.45. The van der Waals surface area contributed by atoms with Crippen LogP contribution in [0.5, 0.6) is 0 Å². The Bertz CT molecular complexity index is 2870. The quantitative estimate of drug-likeness (QED) is 0.110. The van der Waals surface area contributed by atoms with Gasteiger partial charge in [-0.25, -0.2) is 28.2 Å². The molecule has 0 aromatic carbocycles. The van der Waals surface area contributed by atoms with Crippen molar-refractivity contribution in [1.82, 2.24) is 19.9 Å². The lowest BCUT2D eigenvalue weighted by Gasteiger charge is -2.06. The Morgan fingerprint density at radius 1 is 0.483 bits per heavy atom. The Kier molecular flexibility index (Phi) is 15.3. The zero-order valence-electron chi connectivity index (χ0n) is 32.8. The van der Waals surface area contributed by atoms with Gasteiger partial charge in [0.25, 0.3) is 0 Å². The van der Waals surface area contributed by atoms with Crippen LogP contribution < -0.4 is 107 Å². The second kappa shape index (κ2) is 19.8. The normalized spacial score (nSPS) is 11.2. The standard InChI is InChI=1S/C46H37N8O2.BrH.3HI/c1-51-21-12-30(13-22-51)43-34-4-6-36(47-34)44(31-14-23-52(2)24-15-31)38-8-10-40(49-38)46(33-18-27-54(28-19-33)29-20-42(55)56)41-11-9-39(50-41)45(37-7-5-35(43)48-37)32-16-25-53(3)26-17-32;;;;/h4-19,21-28H,20,29H2,1-3H3;4*1H/q+1;;;;/p-1. The number of halogens is 4. The van der Waals surface area contributed by atoms with Crippen LogP contribution >= 0.6 is 0 Å². The lowest BCUT2D eigenvalue weighted by atomic mass is 10.0. The van der Waals surface area contributed by atoms with Gasteiger partial charge in [0.15, 0.2) is 56.1 Å². The highest BCUT2D eigenvalue weighted by atomic mass is 127. The number of rotatable bonds is 7. The van der Waals surface area contributed by atoms with Crippen molar-refractivity contribution in [3.8, 4) is 44.5 Å². The number of aliphatic carboxylic acids is 1. The summed E-state index contributed by atoms with van der Waals surface area (Å²) in [7, 11) is 6.05. The molecule has 14 heteroatoms. The van der Waals surface area contributed by atoms with Crippen LogP contribution in [0.25, 0.3) is 90.9 Å². The molecule has 3 N–H and O–H groups in total. The highest BCUT2D eigenvalue weighted by Crippen LogP contribution is 2.37. The van der Waals surface area contributed by atoms with Crippen molar-refractivity contribution < 1.29 is 117 Å². The molecule has 7 aromatic heterocycles. The van der Waals surface area contributed by atoms with E-state index in [0.717, 1.165) is 89.4 Å². The van der Waals surface area contributed by atoms with Gasteiger partial charge in [-0.2, -0.15) is 0 Å². The number of hydrogen-bond donors (Lipinski definition) is 3. The monoisotopic (exact) mass is 1200 g/mol. The third-order valence-corrected chi connectivity index (χ3v) is 10.3. The van der Waals surface area contributed by atoms with Crippen molar-refractivity contribution in [2.24, 2.45) is 21.1 Å². The van der Waals surface area contributed by atoms with E-state index in [2.05, 4.69) is 107 Å². The average molecular weight is 1200 g/mol. The number of aryl methyl sites for hydroxylation is 4. The molecule has 7 aromatic rings. The lowest BCUT2D eigenvalue weighted by Crippen LogP contribution is -3.00. The summed E-state index contributed by atoms with van der Waals surface area (Å²) in [6, 6.07) is 25.3. The van der Waals surface area contributed by atoms with Gasteiger partial charge in [-0.15, -0.1) is 0 Å². The topological polar surface area (TPSA) is 110 Å². The molecule has 0 saturated carbocycles. The van der Waals surface area contributed by atoms with E-state index in [9.17, 15) is 9.90 Å². The van der Waals surface area contributed by atoms with Gasteiger partial charge < -0.3 is 104 Å². The first-order chi connectivity index (χ1) is 27.3. The molecule has 10 nitrogen and oxygen atoms in total. The van der Waals surface area contributed by atoms with Gasteiger partial charge in [0, 0.05) is 92.9 Å². The Balaban J connectivity index is 0.00000171. The minimum absolute atomic E-state index is 0. The van der Waals surface area contributed by atoms with Crippen molar-refractivity contribution in [1.29, 1.82) is 0 Å². The second-order valence-electron chi connectivity index (χ2n) is 14.2. The van der Waals surface area contributed by atoms with E-state index in [-0.39, 0.29) is 95.3 Å². The summed E-state index contributed by atoms with van der Waals surface area (Å²) in [5.74, 6) is -0.830. The van der Waals surface area contributed by atoms with Crippen LogP contribution in [-0.2, 0) is 32.5 Å². The number of aromatic nitrogens is 8. The summed E-state index contributed by atoms with van der Waals surface area (Å²) in [6.07, 6.45) is 24.6. The predicted molar refractivity (Wildman–Crippen MR) is 217 cm³/mol. The summed E-state index contributed by atoms with van der Waals surface area (Å²) in [4.78, 5) is 29.7. The van der Waals surface area contributed by atoms with Gasteiger partial charge in [-0.05, 0) is 70.8 Å². The van der Waals surface area contributed by atoms with E-state index in [1.807, 2.05) is 88.7 Å². The molecule has 0 fully saturated rings. The molecule has 0 aliphatic carbocycles. The maximum absolute atomic E-state index is 11.3. The predicted octanol–water partition coefficient (Wildman–Crippen LogP) is -5.42. The van der Waals surface area contributed by atoms with Crippen LogP contribution in [0.1, 0.15) is 29.2 Å². The summed E-state index contributed by atoms with van der Waals surface area (Å²) >= 11 is 0. The summed E-state index contributed by atoms with van der Waals surface area (Å²) in [5, 5.41) is 9.29. The van der Waals surface area contributed by atoms with Gasteiger partial charge in [0.1, 0.15) is 27.6 Å². The van der Waals surface area contributed by atoms with E-state index >= 15 is 0 Å². The molecule has 60 heavy (non-hydrogen) atoms. The summed E-state index contributed by atoms with van der Waals surface area (Å²) in [6.45, 7) is 0.380. The first kappa shape index (κ1) is 46.4. The Morgan fingerprint density at radius 3 is 1.02 bits per heavy atom. The number of nitrogens with one attached hydrogen (secondary N) is 2. The number of hydrogen-bond acceptors (Lipinski definition) is 3. The molecule has 0 radical (unpaired) electrons. The fraction of sp³-hybridized carbons (Fsp3) is 0.109. The zero-order valence-corrected chi connectivity index (χ0v) is 40.9. The fourth-order valence-corrected chi connectivity index (χ4v) is 7.42. The summed E-state index contributed by atoms with van der Waals surface area (Å²) in [5.41, 5.74) is 15.0. The van der Waals surface area contributed by atoms with Gasteiger partial charge in [-0.3, -0.25) is 4.79 Å². The molecule has 0 unspecified atom stereocenters. The largest absolute Gasteiger partial charge is 1.00 e. The highest BCUT2D eigenvalue weighted by Gasteiger charge is 2.20. The van der Waals surface area contributed by atoms with Crippen LogP contribution in [-0.4, -0.2) is 31.0 Å². The van der Waals surface area contributed by atoms with Crippen LogP contribution in [0.3, 0.4) is 0 Å². The van der Waals surface area contributed by atoms with Crippen LogP contribution in [0.15, 0.2) is 122 Å². The maximum atomic E-state index is 11.3. The molecule has 8 bridgehead atoms. The number of fused-ring (bicyclic) bond motifs is 8. The average Bonchev–Trinajstić information content (AvgIpc) is 4.04. The zero-order chi connectivity index (χ0) is 38.3. The molecule has 0 saturated heterocycles. The molecule has 0 atom stereocenters. The number of carboxylic acids is 1. The van der Waals surface area contributed by atoms with E-state index in [1.165, 1.54) is 0 Å². The molecule has 9 heterocycles. The Hall–Kier alpha value is -4.66. The third-order valence-electron chi connectivity index (χ3n) is 10.3. The molecule has 2 aliphatic rings. The van der Waals surface area contributed by atoms with E-state index in [0.29, 0.717) is 6.54 Å². The van der Waals surface area contributed by atoms with Crippen molar-refractivity contribution >= 4 is 52.3 Å². The number of H-pyrrole nitrogens is 2.